The second-order valence-corrected chi connectivity index (χ2v) is 8.99. The molecule has 1 aromatic carbocycles. The number of aromatic nitrogens is 2. The van der Waals surface area contributed by atoms with Crippen LogP contribution in [-0.2, 0) is 24.7 Å². The number of hydrogen-bond donors (Lipinski definition) is 7. The minimum absolute atomic E-state index is 0.0381. The van der Waals surface area contributed by atoms with Crippen molar-refractivity contribution in [2.24, 2.45) is 5.92 Å². The smallest absolute Gasteiger partial charge is 0.349 e. The van der Waals surface area contributed by atoms with Crippen LogP contribution in [0.25, 0.3) is 0 Å². The highest BCUT2D eigenvalue weighted by Crippen LogP contribution is 2.33. The van der Waals surface area contributed by atoms with E-state index >= 15 is 0 Å². The molecule has 0 bridgehead atoms. The Labute approximate surface area is 202 Å². The maximum atomic E-state index is 12.9. The Hall–Kier alpha value is -2.26. The van der Waals surface area contributed by atoms with E-state index in [1.165, 1.54) is 0 Å². The summed E-state index contributed by atoms with van der Waals surface area (Å²) in [5, 5.41) is 62.5. The first-order valence-corrected chi connectivity index (χ1v) is 11.0. The minimum atomic E-state index is -4.61. The van der Waals surface area contributed by atoms with Gasteiger partial charge in [0.1, 0.15) is 5.69 Å². The molecule has 0 unspecified atom stereocenters. The van der Waals surface area contributed by atoms with Crippen molar-refractivity contribution in [3.8, 4) is 0 Å². The number of carbonyl (C=O) groups excluding carboxylic acids is 1. The minimum Gasteiger partial charge on any atom is -0.349 e. The number of amides is 1. The molecule has 1 aromatic heterocycles. The number of alkyl halides is 3. The van der Waals surface area contributed by atoms with Crippen molar-refractivity contribution in [1.82, 2.24) is 15.1 Å². The van der Waals surface area contributed by atoms with Crippen LogP contribution >= 0.6 is 11.6 Å². The molecule has 1 amide bonds. The maximum Gasteiger partial charge on any atom is 0.416 e. The molecule has 7 N–H and O–H groups in total. The zero-order valence-corrected chi connectivity index (χ0v) is 19.0. The van der Waals surface area contributed by atoms with Crippen molar-refractivity contribution >= 4 is 17.5 Å². The number of nitrogens with one attached hydrogen (secondary N) is 1. The number of benzene rings is 1. The molecule has 3 rings (SSSR count). The third-order valence-electron chi connectivity index (χ3n) is 5.94. The first kappa shape index (κ1) is 27.3. The topological polar surface area (TPSA) is 168 Å². The molecule has 1 fully saturated rings. The van der Waals surface area contributed by atoms with Gasteiger partial charge < -0.3 is 36.0 Å². The van der Waals surface area contributed by atoms with Gasteiger partial charge in [-0.25, -0.2) is 0 Å². The average molecular weight is 524 g/mol. The summed E-state index contributed by atoms with van der Waals surface area (Å²) in [5.41, 5.74) is -2.53. The Bertz CT molecular complexity index is 1060. The van der Waals surface area contributed by atoms with Crippen molar-refractivity contribution in [3.63, 3.8) is 0 Å². The molecule has 1 aliphatic rings. The molecule has 14 heteroatoms. The van der Waals surface area contributed by atoms with Crippen LogP contribution in [0, 0.1) is 5.92 Å². The summed E-state index contributed by atoms with van der Waals surface area (Å²) in [6.07, 6.45) is -1.88. The zero-order valence-electron chi connectivity index (χ0n) is 18.2. The molecule has 10 nitrogen and oxygen atoms in total. The fraction of sp³-hybridized carbons (Fsp3) is 0.524. The standard InChI is InChI=1S/C21H25ClF3N3O7/c22-15-6-3-12(19(23,24)25)9-14(15)18(29)26-13-4-1-11(2-5-13)7-8-28-17(21(33,34)35)10-16(27-28)20(30,31)32/h3,6,9-11,13,30-35H,1-2,4-5,7-8H2,(H,26,29). The lowest BCUT2D eigenvalue weighted by atomic mass is 9.84. The predicted molar refractivity (Wildman–Crippen MR) is 113 cm³/mol. The van der Waals surface area contributed by atoms with Gasteiger partial charge in [-0.3, -0.25) is 9.48 Å². The molecule has 2 aromatic rings. The summed E-state index contributed by atoms with van der Waals surface area (Å²) in [5.74, 6) is -7.29. The molecule has 0 atom stereocenters. The van der Waals surface area contributed by atoms with Crippen LogP contribution in [0.3, 0.4) is 0 Å². The molecule has 1 heterocycles. The number of nitrogens with zero attached hydrogens (tertiary/aromatic N) is 2. The van der Waals surface area contributed by atoms with Gasteiger partial charge in [0.25, 0.3) is 5.91 Å². The van der Waals surface area contributed by atoms with Crippen LogP contribution in [0.4, 0.5) is 13.2 Å². The molecule has 1 saturated carbocycles. The summed E-state index contributed by atoms with van der Waals surface area (Å²) in [4.78, 5) is 12.5. The van der Waals surface area contributed by atoms with Gasteiger partial charge in [0.2, 0.25) is 0 Å². The Balaban J connectivity index is 1.57. The van der Waals surface area contributed by atoms with Crippen LogP contribution in [0.2, 0.25) is 5.02 Å². The summed E-state index contributed by atoms with van der Waals surface area (Å²) in [6, 6.07) is 2.98. The molecule has 0 aliphatic heterocycles. The van der Waals surface area contributed by atoms with E-state index in [2.05, 4.69) is 10.4 Å². The number of aryl methyl sites for hydroxylation is 1. The summed E-state index contributed by atoms with van der Waals surface area (Å²) in [6.45, 7) is 0.0381. The van der Waals surface area contributed by atoms with Gasteiger partial charge in [0.05, 0.1) is 16.1 Å². The van der Waals surface area contributed by atoms with Gasteiger partial charge in [0, 0.05) is 12.6 Å². The van der Waals surface area contributed by atoms with Crippen LogP contribution < -0.4 is 5.32 Å². The van der Waals surface area contributed by atoms with Crippen molar-refractivity contribution in [2.45, 2.75) is 62.8 Å². The van der Waals surface area contributed by atoms with E-state index in [0.29, 0.717) is 38.2 Å². The zero-order chi connectivity index (χ0) is 26.2. The van der Waals surface area contributed by atoms with E-state index < -0.39 is 41.0 Å². The number of rotatable bonds is 7. The lowest BCUT2D eigenvalue weighted by Crippen LogP contribution is -2.38. The largest absolute Gasteiger partial charge is 0.416 e. The molecule has 1 aliphatic carbocycles. The van der Waals surface area contributed by atoms with Crippen LogP contribution in [0.15, 0.2) is 24.3 Å². The average Bonchev–Trinajstić information content (AvgIpc) is 3.18. The van der Waals surface area contributed by atoms with Crippen molar-refractivity contribution in [3.05, 3.63) is 51.8 Å². The summed E-state index contributed by atoms with van der Waals surface area (Å²) < 4.78 is 39.8. The monoisotopic (exact) mass is 523 g/mol. The van der Waals surface area contributed by atoms with Crippen LogP contribution in [0.1, 0.15) is 59.4 Å². The maximum absolute atomic E-state index is 12.9. The third kappa shape index (κ3) is 6.91. The fourth-order valence-corrected chi connectivity index (χ4v) is 4.26. The highest BCUT2D eigenvalue weighted by molar-refractivity contribution is 6.33. The van der Waals surface area contributed by atoms with E-state index in [1.807, 2.05) is 0 Å². The number of halogens is 4. The van der Waals surface area contributed by atoms with Gasteiger partial charge in [-0.2, -0.15) is 18.3 Å². The Kier molecular flexibility index (Phi) is 7.82. The quantitative estimate of drug-likeness (QED) is 0.265. The molecule has 0 saturated heterocycles. The molecule has 0 spiro atoms. The van der Waals surface area contributed by atoms with Crippen molar-refractivity contribution in [1.29, 1.82) is 0 Å². The SMILES string of the molecule is O=C(NC1CCC(CCn2nc(C(O)(O)O)cc2C(O)(O)O)CC1)c1cc(C(F)(F)F)ccc1Cl. The van der Waals surface area contributed by atoms with Gasteiger partial charge in [0.15, 0.2) is 5.69 Å². The van der Waals surface area contributed by atoms with Gasteiger partial charge in [-0.15, -0.1) is 0 Å². The molecule has 0 radical (unpaired) electrons. The van der Waals surface area contributed by atoms with E-state index in [9.17, 15) is 48.6 Å². The van der Waals surface area contributed by atoms with Gasteiger partial charge in [-0.05, 0) is 62.3 Å². The Morgan fingerprint density at radius 3 is 2.20 bits per heavy atom. The van der Waals surface area contributed by atoms with Crippen molar-refractivity contribution in [2.75, 3.05) is 0 Å². The van der Waals surface area contributed by atoms with E-state index in [-0.39, 0.29) is 29.1 Å². The molecule has 35 heavy (non-hydrogen) atoms. The lowest BCUT2D eigenvalue weighted by Gasteiger charge is -2.29. The number of aliphatic hydroxyl groups is 6. The number of hydrogen-bond acceptors (Lipinski definition) is 8. The first-order chi connectivity index (χ1) is 16.1. The lowest BCUT2D eigenvalue weighted by molar-refractivity contribution is -0.328. The number of carbonyl (C=O) groups is 1. The second-order valence-electron chi connectivity index (χ2n) is 8.58. The normalized spacial score (nSPS) is 19.6. The molecular weight excluding hydrogens is 499 g/mol. The van der Waals surface area contributed by atoms with Crippen molar-refractivity contribution < 1.29 is 48.6 Å². The van der Waals surface area contributed by atoms with Crippen LogP contribution in [-0.4, -0.2) is 52.4 Å². The summed E-state index contributed by atoms with van der Waals surface area (Å²) in [7, 11) is 0. The second kappa shape index (κ2) is 10.0. The predicted octanol–water partition coefficient (Wildman–Crippen LogP) is 1.11. The molecule has 194 valence electrons. The highest BCUT2D eigenvalue weighted by Gasteiger charge is 2.35. The first-order valence-electron chi connectivity index (χ1n) is 10.7. The summed E-state index contributed by atoms with van der Waals surface area (Å²) >= 11 is 5.92. The fourth-order valence-electron chi connectivity index (χ4n) is 4.06. The Morgan fingerprint density at radius 1 is 1.03 bits per heavy atom. The van der Waals surface area contributed by atoms with Gasteiger partial charge >= 0.3 is 18.1 Å². The van der Waals surface area contributed by atoms with Gasteiger partial charge in [-0.1, -0.05) is 11.6 Å². The van der Waals surface area contributed by atoms with E-state index in [1.54, 1.807) is 0 Å². The Morgan fingerprint density at radius 2 is 1.66 bits per heavy atom. The molecular formula is C21H25ClF3N3O7. The highest BCUT2D eigenvalue weighted by atomic mass is 35.5. The van der Waals surface area contributed by atoms with E-state index in [4.69, 9.17) is 11.6 Å². The van der Waals surface area contributed by atoms with E-state index in [0.717, 1.165) is 22.9 Å². The van der Waals surface area contributed by atoms with Crippen LogP contribution in [0.5, 0.6) is 0 Å². The third-order valence-corrected chi connectivity index (χ3v) is 6.27.